The van der Waals surface area contributed by atoms with Crippen LogP contribution in [-0.4, -0.2) is 45.3 Å². The lowest BCUT2D eigenvalue weighted by molar-refractivity contribution is -0.132. The smallest absolute Gasteiger partial charge is 0.301 e. The van der Waals surface area contributed by atoms with Crippen LogP contribution in [0.15, 0.2) is 40.4 Å². The highest BCUT2D eigenvalue weighted by Crippen LogP contribution is 2.46. The number of ether oxygens (including phenoxy) is 2. The van der Waals surface area contributed by atoms with Gasteiger partial charge in [0.05, 0.1) is 23.2 Å². The number of methoxy groups -OCH3 is 1. The predicted octanol–water partition coefficient (Wildman–Crippen LogP) is 4.27. The molecular weight excluding hydrogens is 538 g/mol. The van der Waals surface area contributed by atoms with Crippen LogP contribution in [0, 0.1) is 6.92 Å². The van der Waals surface area contributed by atoms with Crippen molar-refractivity contribution in [1.29, 1.82) is 0 Å². The van der Waals surface area contributed by atoms with E-state index >= 15 is 0 Å². The summed E-state index contributed by atoms with van der Waals surface area (Å²) < 4.78 is 11.3. The summed E-state index contributed by atoms with van der Waals surface area (Å²) in [6.07, 6.45) is 0.677. The maximum atomic E-state index is 13.3. The third kappa shape index (κ3) is 3.84. The van der Waals surface area contributed by atoms with Gasteiger partial charge in [0.25, 0.3) is 5.78 Å². The van der Waals surface area contributed by atoms with E-state index < -0.39 is 17.7 Å². The van der Waals surface area contributed by atoms with Gasteiger partial charge in [0.2, 0.25) is 5.13 Å². The van der Waals surface area contributed by atoms with Crippen molar-refractivity contribution in [3.05, 3.63) is 62.1 Å². The maximum Gasteiger partial charge on any atom is 0.301 e. The molecule has 2 aliphatic rings. The number of hydrogen-bond donors (Lipinski definition) is 2. The van der Waals surface area contributed by atoms with Crippen LogP contribution in [0.4, 0.5) is 5.13 Å². The van der Waals surface area contributed by atoms with E-state index in [2.05, 4.69) is 26.1 Å². The summed E-state index contributed by atoms with van der Waals surface area (Å²) in [7, 11) is 1.39. The monoisotopic (exact) mass is 557 g/mol. The minimum Gasteiger partial charge on any atom is -0.507 e. The lowest BCUT2D eigenvalue weighted by Gasteiger charge is -2.23. The van der Waals surface area contributed by atoms with Gasteiger partial charge in [0.1, 0.15) is 22.6 Å². The number of aryl methyl sites for hydroxylation is 1. The fraction of sp³-hybridized carbons (Fsp3) is 0.250. The van der Waals surface area contributed by atoms with Crippen molar-refractivity contribution in [2.24, 2.45) is 0 Å². The number of nitrogens with zero attached hydrogens (tertiary/aromatic N) is 3. The Balaban J connectivity index is 1.73. The number of phenolic OH excluding ortho intramolecular Hbond substituents is 1. The molecule has 5 rings (SSSR count). The molecule has 1 saturated heterocycles. The molecule has 2 aliphatic heterocycles. The molecule has 0 bridgehead atoms. The van der Waals surface area contributed by atoms with Crippen LogP contribution in [0.1, 0.15) is 34.7 Å². The van der Waals surface area contributed by atoms with E-state index in [1.807, 2.05) is 6.92 Å². The number of halogens is 1. The number of rotatable bonds is 4. The van der Waals surface area contributed by atoms with Gasteiger partial charge < -0.3 is 19.7 Å². The number of benzene rings is 2. The van der Waals surface area contributed by atoms with Gasteiger partial charge in [0, 0.05) is 12.0 Å². The topological polar surface area (TPSA) is 122 Å². The van der Waals surface area contributed by atoms with Gasteiger partial charge in [-0.05, 0) is 71.2 Å². The number of hydrogen-bond acceptors (Lipinski definition) is 9. The first-order valence-corrected chi connectivity index (χ1v) is 12.3. The standard InChI is InChI=1S/C24H20BrN3O6S/c1-10-6-13-7-12(4-5-16(13)34-10)20(29)18-19(14-8-15(25)21(30)17(9-14)33-3)28(23(32)22(18)31)24-27-26-11(2)35-24/h4-5,7-10,19,29-30H,6H2,1-3H3/t10-,19+/m0/s1. The van der Waals surface area contributed by atoms with Crippen molar-refractivity contribution < 1.29 is 29.3 Å². The summed E-state index contributed by atoms with van der Waals surface area (Å²) >= 11 is 4.45. The zero-order valence-corrected chi connectivity index (χ0v) is 21.3. The Hall–Kier alpha value is -3.44. The molecule has 1 amide bonds. The fourth-order valence-corrected chi connectivity index (χ4v) is 5.53. The second kappa shape index (κ2) is 8.65. The molecule has 0 radical (unpaired) electrons. The van der Waals surface area contributed by atoms with Gasteiger partial charge in [-0.3, -0.25) is 14.5 Å². The Morgan fingerprint density at radius 2 is 2.03 bits per heavy atom. The first kappa shape index (κ1) is 23.3. The molecule has 2 atom stereocenters. The Morgan fingerprint density at radius 1 is 1.26 bits per heavy atom. The molecule has 1 aromatic heterocycles. The van der Waals surface area contributed by atoms with Gasteiger partial charge in [0.15, 0.2) is 11.5 Å². The van der Waals surface area contributed by atoms with E-state index in [1.54, 1.807) is 31.2 Å². The fourth-order valence-electron chi connectivity index (χ4n) is 4.36. The number of amides is 1. The molecule has 2 N–H and O–H groups in total. The van der Waals surface area contributed by atoms with E-state index in [1.165, 1.54) is 18.1 Å². The Morgan fingerprint density at radius 3 is 2.71 bits per heavy atom. The van der Waals surface area contributed by atoms with E-state index in [0.29, 0.717) is 27.0 Å². The average molecular weight is 558 g/mol. The second-order valence-corrected chi connectivity index (χ2v) is 10.3. The van der Waals surface area contributed by atoms with Crippen LogP contribution in [0.2, 0.25) is 0 Å². The molecule has 0 unspecified atom stereocenters. The van der Waals surface area contributed by atoms with Crippen molar-refractivity contribution in [3.63, 3.8) is 0 Å². The third-order valence-electron chi connectivity index (χ3n) is 5.92. The Bertz CT molecular complexity index is 1420. The highest BCUT2D eigenvalue weighted by Gasteiger charge is 2.48. The molecule has 35 heavy (non-hydrogen) atoms. The van der Waals surface area contributed by atoms with E-state index in [-0.39, 0.29) is 34.1 Å². The van der Waals surface area contributed by atoms with Crippen LogP contribution in [0.5, 0.6) is 17.2 Å². The molecule has 3 heterocycles. The third-order valence-corrected chi connectivity index (χ3v) is 7.36. The molecule has 0 saturated carbocycles. The summed E-state index contributed by atoms with van der Waals surface area (Å²) in [5, 5.41) is 30.6. The quantitative estimate of drug-likeness (QED) is 0.277. The van der Waals surface area contributed by atoms with Crippen LogP contribution in [0.25, 0.3) is 5.76 Å². The van der Waals surface area contributed by atoms with E-state index in [9.17, 15) is 19.8 Å². The highest BCUT2D eigenvalue weighted by atomic mass is 79.9. The SMILES string of the molecule is COc1cc([C@@H]2C(=C(O)c3ccc4c(c3)C[C@H](C)O4)C(=O)C(=O)N2c2nnc(C)s2)cc(Br)c1O. The molecule has 0 spiro atoms. The zero-order valence-electron chi connectivity index (χ0n) is 18.9. The Kier molecular flexibility index (Phi) is 5.76. The van der Waals surface area contributed by atoms with Crippen molar-refractivity contribution >= 4 is 49.8 Å². The number of aliphatic hydroxyl groups is 1. The first-order chi connectivity index (χ1) is 16.7. The second-order valence-electron chi connectivity index (χ2n) is 8.28. The van der Waals surface area contributed by atoms with Crippen molar-refractivity contribution in [2.75, 3.05) is 12.0 Å². The van der Waals surface area contributed by atoms with Crippen molar-refractivity contribution in [1.82, 2.24) is 10.2 Å². The summed E-state index contributed by atoms with van der Waals surface area (Å²) in [5.41, 5.74) is 1.62. The molecule has 3 aromatic rings. The van der Waals surface area contributed by atoms with Gasteiger partial charge in [-0.2, -0.15) is 0 Å². The number of carbonyl (C=O) groups is 2. The number of carbonyl (C=O) groups excluding carboxylic acids is 2. The maximum absolute atomic E-state index is 13.3. The number of anilines is 1. The van der Waals surface area contributed by atoms with Gasteiger partial charge in [-0.25, -0.2) is 0 Å². The summed E-state index contributed by atoms with van der Waals surface area (Å²) in [4.78, 5) is 27.8. The molecule has 180 valence electrons. The van der Waals surface area contributed by atoms with Crippen molar-refractivity contribution in [3.8, 4) is 17.2 Å². The molecular formula is C24H20BrN3O6S. The number of aliphatic hydroxyl groups excluding tert-OH is 1. The molecule has 9 nitrogen and oxygen atoms in total. The first-order valence-electron chi connectivity index (χ1n) is 10.7. The lowest BCUT2D eigenvalue weighted by Crippen LogP contribution is -2.29. The summed E-state index contributed by atoms with van der Waals surface area (Å²) in [6.45, 7) is 3.69. The number of aromatic nitrogens is 2. The van der Waals surface area contributed by atoms with Crippen LogP contribution < -0.4 is 14.4 Å². The van der Waals surface area contributed by atoms with Gasteiger partial charge >= 0.3 is 5.91 Å². The summed E-state index contributed by atoms with van der Waals surface area (Å²) in [6, 6.07) is 7.22. The van der Waals surface area contributed by atoms with Crippen molar-refractivity contribution in [2.45, 2.75) is 32.4 Å². The number of Topliss-reactive ketones (excluding diaryl/α,β-unsaturated/α-hetero) is 1. The van der Waals surface area contributed by atoms with Gasteiger partial charge in [-0.15, -0.1) is 10.2 Å². The van der Waals surface area contributed by atoms with Gasteiger partial charge in [-0.1, -0.05) is 11.3 Å². The van der Waals surface area contributed by atoms with Crippen LogP contribution >= 0.6 is 27.3 Å². The minimum absolute atomic E-state index is 0.00966. The zero-order chi connectivity index (χ0) is 25.0. The molecule has 1 fully saturated rings. The van der Waals surface area contributed by atoms with Crippen LogP contribution in [0.3, 0.4) is 0 Å². The van der Waals surface area contributed by atoms with Crippen LogP contribution in [-0.2, 0) is 16.0 Å². The largest absolute Gasteiger partial charge is 0.507 e. The number of fused-ring (bicyclic) bond motifs is 1. The average Bonchev–Trinajstić information content (AvgIpc) is 3.49. The number of phenols is 1. The number of ketones is 1. The number of aromatic hydroxyl groups is 1. The normalized spacial score (nSPS) is 20.7. The molecule has 0 aliphatic carbocycles. The molecule has 11 heteroatoms. The summed E-state index contributed by atoms with van der Waals surface area (Å²) in [5.74, 6) is -1.28. The highest BCUT2D eigenvalue weighted by molar-refractivity contribution is 9.10. The van der Waals surface area contributed by atoms with E-state index in [4.69, 9.17) is 9.47 Å². The minimum atomic E-state index is -1.03. The Labute approximate surface area is 212 Å². The predicted molar refractivity (Wildman–Crippen MR) is 132 cm³/mol. The lowest BCUT2D eigenvalue weighted by atomic mass is 9.94. The van der Waals surface area contributed by atoms with E-state index in [0.717, 1.165) is 22.6 Å². The molecule has 2 aromatic carbocycles.